The molecular weight excluding hydrogens is 435 g/mol. The second-order valence-electron chi connectivity index (χ2n) is 8.52. The van der Waals surface area contributed by atoms with Crippen LogP contribution < -0.4 is 10.6 Å². The van der Waals surface area contributed by atoms with E-state index in [0.717, 1.165) is 41.2 Å². The summed E-state index contributed by atoms with van der Waals surface area (Å²) in [6.07, 6.45) is 2.02. The van der Waals surface area contributed by atoms with Crippen LogP contribution in [0.4, 0.5) is 16.0 Å². The Balaban J connectivity index is 1.43. The SMILES string of the molecule is Cc1cccc(-c2nc(N)c(F)c(-c3cn(Cc4cccc(N5CCC(O)C5)n4)nn3)n2)c1C. The Morgan fingerprint density at radius 3 is 2.74 bits per heavy atom. The molecule has 5 rings (SSSR count). The first-order valence-electron chi connectivity index (χ1n) is 11.1. The Bertz CT molecular complexity index is 1350. The first kappa shape index (κ1) is 21.9. The number of aromatic nitrogens is 6. The number of rotatable bonds is 5. The van der Waals surface area contributed by atoms with Crippen molar-refractivity contribution in [2.45, 2.75) is 32.9 Å². The van der Waals surface area contributed by atoms with E-state index in [1.807, 2.05) is 50.2 Å². The van der Waals surface area contributed by atoms with Crippen molar-refractivity contribution in [3.8, 4) is 22.8 Å². The summed E-state index contributed by atoms with van der Waals surface area (Å²) >= 11 is 0. The molecule has 4 aromatic rings. The molecule has 0 radical (unpaired) electrons. The molecule has 174 valence electrons. The minimum absolute atomic E-state index is 0.00224. The molecule has 0 amide bonds. The van der Waals surface area contributed by atoms with Gasteiger partial charge in [-0.05, 0) is 43.5 Å². The first-order chi connectivity index (χ1) is 16.4. The van der Waals surface area contributed by atoms with Crippen LogP contribution in [-0.2, 0) is 6.54 Å². The molecule has 34 heavy (non-hydrogen) atoms. The highest BCUT2D eigenvalue weighted by Crippen LogP contribution is 2.28. The van der Waals surface area contributed by atoms with E-state index in [4.69, 9.17) is 5.73 Å². The maximum absolute atomic E-state index is 14.9. The highest BCUT2D eigenvalue weighted by Gasteiger charge is 2.22. The molecule has 3 N–H and O–H groups in total. The molecule has 1 aliphatic rings. The number of anilines is 2. The third-order valence-corrected chi connectivity index (χ3v) is 6.11. The Morgan fingerprint density at radius 1 is 1.12 bits per heavy atom. The Labute approximate surface area is 196 Å². The summed E-state index contributed by atoms with van der Waals surface area (Å²) in [4.78, 5) is 15.3. The van der Waals surface area contributed by atoms with Crippen LogP contribution in [0.1, 0.15) is 23.2 Å². The normalized spacial score (nSPS) is 15.8. The molecule has 0 aliphatic carbocycles. The molecule has 1 aromatic carbocycles. The van der Waals surface area contributed by atoms with Gasteiger partial charge in [0, 0.05) is 18.7 Å². The monoisotopic (exact) mass is 460 g/mol. The lowest BCUT2D eigenvalue weighted by molar-refractivity contribution is 0.198. The molecule has 1 atom stereocenters. The van der Waals surface area contributed by atoms with E-state index in [2.05, 4.69) is 30.2 Å². The molecule has 10 heteroatoms. The van der Waals surface area contributed by atoms with Crippen molar-refractivity contribution < 1.29 is 9.50 Å². The van der Waals surface area contributed by atoms with Gasteiger partial charge in [0.05, 0.1) is 24.5 Å². The fourth-order valence-electron chi connectivity index (χ4n) is 4.08. The summed E-state index contributed by atoms with van der Waals surface area (Å²) in [6.45, 7) is 5.65. The van der Waals surface area contributed by atoms with Gasteiger partial charge in [-0.1, -0.05) is 29.5 Å². The van der Waals surface area contributed by atoms with Crippen LogP contribution in [0.5, 0.6) is 0 Å². The number of aryl methyl sites for hydroxylation is 1. The molecular formula is C24H25FN8O. The highest BCUT2D eigenvalue weighted by molar-refractivity contribution is 5.67. The number of hydrogen-bond donors (Lipinski definition) is 2. The second kappa shape index (κ2) is 8.79. The van der Waals surface area contributed by atoms with Gasteiger partial charge < -0.3 is 15.7 Å². The maximum Gasteiger partial charge on any atom is 0.193 e. The van der Waals surface area contributed by atoms with Crippen molar-refractivity contribution in [3.63, 3.8) is 0 Å². The van der Waals surface area contributed by atoms with Crippen LogP contribution in [0, 0.1) is 19.7 Å². The molecule has 1 aliphatic heterocycles. The van der Waals surface area contributed by atoms with Crippen LogP contribution in [0.15, 0.2) is 42.6 Å². The molecule has 0 saturated carbocycles. The van der Waals surface area contributed by atoms with Crippen molar-refractivity contribution >= 4 is 11.6 Å². The standard InChI is InChI=1S/C24H25FN8O/c1-14-5-3-7-18(15(14)2)24-28-22(21(25)23(26)29-24)19-13-33(31-30-19)11-16-6-4-8-20(27-16)32-10-9-17(34)12-32/h3-8,13,17,34H,9-12H2,1-2H3,(H2,26,28,29). The summed E-state index contributed by atoms with van der Waals surface area (Å²) < 4.78 is 16.5. The van der Waals surface area contributed by atoms with Gasteiger partial charge in [0.2, 0.25) is 0 Å². The number of nitrogen functional groups attached to an aromatic ring is 1. The Kier molecular flexibility index (Phi) is 5.66. The average Bonchev–Trinajstić information content (AvgIpc) is 3.47. The summed E-state index contributed by atoms with van der Waals surface area (Å²) in [5.74, 6) is 0.181. The van der Waals surface area contributed by atoms with Crippen molar-refractivity contribution in [1.82, 2.24) is 29.9 Å². The van der Waals surface area contributed by atoms with Crippen molar-refractivity contribution in [1.29, 1.82) is 0 Å². The quantitative estimate of drug-likeness (QED) is 0.467. The van der Waals surface area contributed by atoms with E-state index >= 15 is 0 Å². The zero-order valence-corrected chi connectivity index (χ0v) is 19.0. The first-order valence-corrected chi connectivity index (χ1v) is 11.1. The number of pyridine rings is 1. The minimum atomic E-state index is -0.728. The Morgan fingerprint density at radius 2 is 1.94 bits per heavy atom. The molecule has 3 aromatic heterocycles. The number of nitrogens with zero attached hydrogens (tertiary/aromatic N) is 7. The van der Waals surface area contributed by atoms with E-state index in [0.29, 0.717) is 18.9 Å². The van der Waals surface area contributed by atoms with Gasteiger partial charge in [0.25, 0.3) is 0 Å². The predicted molar refractivity (Wildman–Crippen MR) is 127 cm³/mol. The second-order valence-corrected chi connectivity index (χ2v) is 8.52. The maximum atomic E-state index is 14.9. The summed E-state index contributed by atoms with van der Waals surface area (Å²) in [5, 5.41) is 18.1. The topological polar surface area (TPSA) is 119 Å². The van der Waals surface area contributed by atoms with Gasteiger partial charge in [-0.3, -0.25) is 0 Å². The van der Waals surface area contributed by atoms with E-state index < -0.39 is 5.82 Å². The summed E-state index contributed by atoms with van der Waals surface area (Å²) in [6, 6.07) is 11.5. The molecule has 0 bridgehead atoms. The average molecular weight is 461 g/mol. The van der Waals surface area contributed by atoms with Crippen molar-refractivity contribution in [2.24, 2.45) is 0 Å². The number of aliphatic hydroxyl groups is 1. The lowest BCUT2D eigenvalue weighted by Crippen LogP contribution is -2.22. The van der Waals surface area contributed by atoms with Crippen molar-refractivity contribution in [3.05, 3.63) is 65.2 Å². The van der Waals surface area contributed by atoms with Crippen LogP contribution in [0.3, 0.4) is 0 Å². The molecule has 0 spiro atoms. The van der Waals surface area contributed by atoms with Gasteiger partial charge in [-0.25, -0.2) is 24.0 Å². The summed E-state index contributed by atoms with van der Waals surface area (Å²) in [5.41, 5.74) is 9.79. The Hall–Kier alpha value is -3.92. The highest BCUT2D eigenvalue weighted by atomic mass is 19.1. The van der Waals surface area contributed by atoms with Crippen LogP contribution in [0.25, 0.3) is 22.8 Å². The fraction of sp³-hybridized carbons (Fsp3) is 0.292. The van der Waals surface area contributed by atoms with Crippen LogP contribution >= 0.6 is 0 Å². The summed E-state index contributed by atoms with van der Waals surface area (Å²) in [7, 11) is 0. The molecule has 1 fully saturated rings. The number of halogens is 1. The molecule has 1 saturated heterocycles. The van der Waals surface area contributed by atoms with Gasteiger partial charge in [0.1, 0.15) is 17.2 Å². The largest absolute Gasteiger partial charge is 0.391 e. The molecule has 9 nitrogen and oxygen atoms in total. The van der Waals surface area contributed by atoms with Crippen LogP contribution in [0.2, 0.25) is 0 Å². The number of β-amino-alcohol motifs (C(OH)–C–C–N with tert-alkyl or cyclic N) is 1. The van der Waals surface area contributed by atoms with E-state index in [-0.39, 0.29) is 23.3 Å². The third kappa shape index (κ3) is 4.19. The zero-order valence-electron chi connectivity index (χ0n) is 19.0. The third-order valence-electron chi connectivity index (χ3n) is 6.11. The van der Waals surface area contributed by atoms with Crippen molar-refractivity contribution in [2.75, 3.05) is 23.7 Å². The molecule has 1 unspecified atom stereocenters. The number of benzene rings is 1. The van der Waals surface area contributed by atoms with E-state index in [9.17, 15) is 9.50 Å². The number of hydrogen-bond acceptors (Lipinski definition) is 8. The van der Waals surface area contributed by atoms with Gasteiger partial charge in [0.15, 0.2) is 17.5 Å². The predicted octanol–water partition coefficient (Wildman–Crippen LogP) is 2.75. The lowest BCUT2D eigenvalue weighted by atomic mass is 10.0. The van der Waals surface area contributed by atoms with Crippen LogP contribution in [-0.4, -0.2) is 54.2 Å². The minimum Gasteiger partial charge on any atom is -0.391 e. The van der Waals surface area contributed by atoms with Gasteiger partial charge >= 0.3 is 0 Å². The van der Waals surface area contributed by atoms with Gasteiger partial charge in [-0.15, -0.1) is 5.10 Å². The number of nitrogens with two attached hydrogens (primary N) is 1. The fourth-order valence-corrected chi connectivity index (χ4v) is 4.08. The lowest BCUT2D eigenvalue weighted by Gasteiger charge is -2.17. The molecule has 4 heterocycles. The zero-order chi connectivity index (χ0) is 23.8. The smallest absolute Gasteiger partial charge is 0.193 e. The number of aliphatic hydroxyl groups excluding tert-OH is 1. The van der Waals surface area contributed by atoms with Gasteiger partial charge in [-0.2, -0.15) is 0 Å². The van der Waals surface area contributed by atoms with E-state index in [1.54, 1.807) is 10.9 Å². The van der Waals surface area contributed by atoms with E-state index in [1.165, 1.54) is 0 Å².